The molecule has 164 valence electrons. The van der Waals surface area contributed by atoms with Gasteiger partial charge < -0.3 is 10.1 Å². The van der Waals surface area contributed by atoms with Gasteiger partial charge in [0, 0.05) is 23.1 Å². The van der Waals surface area contributed by atoms with Crippen molar-refractivity contribution in [1.29, 1.82) is 0 Å². The number of amides is 1. The summed E-state index contributed by atoms with van der Waals surface area (Å²) < 4.78 is 8.42. The van der Waals surface area contributed by atoms with Crippen LogP contribution in [-0.2, 0) is 4.79 Å². The summed E-state index contributed by atoms with van der Waals surface area (Å²) in [6, 6.07) is 13.1. The topological polar surface area (TPSA) is 107 Å². The maximum atomic E-state index is 12.2. The van der Waals surface area contributed by atoms with Crippen LogP contribution in [0.1, 0.15) is 19.3 Å². The maximum absolute atomic E-state index is 12.2. The highest BCUT2D eigenvalue weighted by atomic mass is 32.2. The van der Waals surface area contributed by atoms with Crippen molar-refractivity contribution < 1.29 is 9.53 Å². The van der Waals surface area contributed by atoms with E-state index in [1.165, 1.54) is 23.1 Å². The highest BCUT2D eigenvalue weighted by Gasteiger charge is 2.25. The number of carbonyl (C=O) groups is 1. The lowest BCUT2D eigenvalue weighted by Gasteiger charge is -2.23. The zero-order valence-electron chi connectivity index (χ0n) is 17.2. The van der Waals surface area contributed by atoms with E-state index in [2.05, 4.69) is 30.6 Å². The highest BCUT2D eigenvalue weighted by molar-refractivity contribution is 7.99. The fraction of sp³-hybridized carbons (Fsp3) is 0.182. The Kier molecular flexibility index (Phi) is 5.11. The minimum absolute atomic E-state index is 0.0696. The van der Waals surface area contributed by atoms with Gasteiger partial charge >= 0.3 is 0 Å². The summed E-state index contributed by atoms with van der Waals surface area (Å²) in [5.41, 5.74) is 1.47. The molecule has 1 amide bonds. The van der Waals surface area contributed by atoms with E-state index < -0.39 is 0 Å². The van der Waals surface area contributed by atoms with E-state index in [1.54, 1.807) is 35.1 Å². The molecular weight excluding hydrogens is 458 g/mol. The number of carbonyl (C=O) groups excluding carboxylic acids is 1. The summed E-state index contributed by atoms with van der Waals surface area (Å²) in [5, 5.41) is 17.2. The molecule has 33 heavy (non-hydrogen) atoms. The number of thiazole rings is 1. The summed E-state index contributed by atoms with van der Waals surface area (Å²) in [6.07, 6.45) is 6.37. The number of anilines is 1. The summed E-state index contributed by atoms with van der Waals surface area (Å²) >= 11 is 2.92. The third kappa shape index (κ3) is 4.12. The molecule has 0 spiro atoms. The smallest absolute Gasteiger partial charge is 0.237 e. The third-order valence-electron chi connectivity index (χ3n) is 5.34. The van der Waals surface area contributed by atoms with Gasteiger partial charge in [-0.25, -0.2) is 4.98 Å². The molecule has 0 saturated heterocycles. The average molecular weight is 476 g/mol. The molecule has 1 aliphatic rings. The molecule has 9 nitrogen and oxygen atoms in total. The molecule has 1 N–H and O–H groups in total. The van der Waals surface area contributed by atoms with Crippen molar-refractivity contribution in [1.82, 2.24) is 29.8 Å². The summed E-state index contributed by atoms with van der Waals surface area (Å²) in [4.78, 5) is 21.8. The molecule has 1 aromatic carbocycles. The second-order valence-electron chi connectivity index (χ2n) is 7.58. The molecule has 6 rings (SSSR count). The first-order valence-electron chi connectivity index (χ1n) is 10.4. The number of rotatable bonds is 6. The van der Waals surface area contributed by atoms with Crippen LogP contribution in [0.4, 0.5) is 5.13 Å². The van der Waals surface area contributed by atoms with Crippen molar-refractivity contribution in [3.8, 4) is 11.6 Å². The lowest BCUT2D eigenvalue weighted by atomic mass is 9.85. The van der Waals surface area contributed by atoms with Crippen molar-refractivity contribution in [3.63, 3.8) is 0 Å². The Morgan fingerprint density at radius 1 is 1.18 bits per heavy atom. The lowest BCUT2D eigenvalue weighted by Crippen LogP contribution is -2.27. The van der Waals surface area contributed by atoms with Crippen LogP contribution in [0.2, 0.25) is 0 Å². The van der Waals surface area contributed by atoms with Gasteiger partial charge in [0.1, 0.15) is 5.75 Å². The third-order valence-corrected chi connectivity index (χ3v) is 7.20. The predicted octanol–water partition coefficient (Wildman–Crippen LogP) is 4.81. The Hall–Kier alpha value is -3.57. The van der Waals surface area contributed by atoms with Crippen molar-refractivity contribution >= 4 is 50.0 Å². The molecule has 0 radical (unpaired) electrons. The molecule has 4 heterocycles. The Balaban J connectivity index is 1.23. The number of benzene rings is 1. The zero-order chi connectivity index (χ0) is 22.2. The molecule has 11 heteroatoms. The van der Waals surface area contributed by atoms with Crippen molar-refractivity contribution in [2.45, 2.75) is 29.3 Å². The maximum Gasteiger partial charge on any atom is 0.237 e. The lowest BCUT2D eigenvalue weighted by molar-refractivity contribution is -0.122. The largest absolute Gasteiger partial charge is 0.436 e. The number of ether oxygens (including phenoxy) is 1. The Labute approximate surface area is 196 Å². The molecule has 5 aromatic rings. The van der Waals surface area contributed by atoms with E-state index >= 15 is 0 Å². The Morgan fingerprint density at radius 3 is 2.94 bits per heavy atom. The van der Waals surface area contributed by atoms with Gasteiger partial charge in [-0.3, -0.25) is 9.78 Å². The number of aromatic nitrogens is 6. The first kappa shape index (κ1) is 20.1. The number of nitrogens with one attached hydrogen (secondary N) is 1. The highest BCUT2D eigenvalue weighted by Crippen LogP contribution is 2.34. The molecule has 1 fully saturated rings. The molecule has 0 unspecified atom stereocenters. The van der Waals surface area contributed by atoms with Crippen LogP contribution in [-0.4, -0.2) is 35.7 Å². The number of pyridine rings is 1. The average Bonchev–Trinajstić information content (AvgIpc) is 3.36. The Bertz CT molecular complexity index is 1460. The van der Waals surface area contributed by atoms with E-state index in [-0.39, 0.29) is 11.8 Å². The quantitative estimate of drug-likeness (QED) is 0.373. The molecular formula is C22H17N7O2S2. The fourth-order valence-electron chi connectivity index (χ4n) is 3.40. The molecule has 0 bridgehead atoms. The van der Waals surface area contributed by atoms with Crippen LogP contribution in [0.5, 0.6) is 11.6 Å². The Morgan fingerprint density at radius 2 is 2.12 bits per heavy atom. The van der Waals surface area contributed by atoms with Gasteiger partial charge in [0.25, 0.3) is 0 Å². The van der Waals surface area contributed by atoms with Gasteiger partial charge in [-0.15, -0.1) is 15.3 Å². The van der Waals surface area contributed by atoms with Crippen LogP contribution in [0.3, 0.4) is 0 Å². The van der Waals surface area contributed by atoms with Gasteiger partial charge in [0.2, 0.25) is 16.9 Å². The summed E-state index contributed by atoms with van der Waals surface area (Å²) in [5.74, 6) is 1.22. The SMILES string of the molecule is O=C(Nc1nc2ccc(Sc3nnc4ccc(Oc5cccnc5)nn34)cc2s1)C1CCC1. The monoisotopic (exact) mass is 475 g/mol. The van der Waals surface area contributed by atoms with Crippen molar-refractivity contribution in [2.75, 3.05) is 5.32 Å². The number of fused-ring (bicyclic) bond motifs is 2. The van der Waals surface area contributed by atoms with E-state index in [4.69, 9.17) is 4.74 Å². The molecule has 4 aromatic heterocycles. The fourth-order valence-corrected chi connectivity index (χ4v) is 5.21. The molecule has 1 aliphatic carbocycles. The van der Waals surface area contributed by atoms with E-state index in [1.807, 2.05) is 24.3 Å². The molecule has 0 atom stereocenters. The van der Waals surface area contributed by atoms with Gasteiger partial charge in [0.05, 0.1) is 16.4 Å². The van der Waals surface area contributed by atoms with Gasteiger partial charge in [0.15, 0.2) is 10.8 Å². The van der Waals surface area contributed by atoms with Crippen LogP contribution >= 0.6 is 23.1 Å². The number of hydrogen-bond donors (Lipinski definition) is 1. The predicted molar refractivity (Wildman–Crippen MR) is 125 cm³/mol. The standard InChI is InChI=1S/C22H17N7O2S2/c30-20(13-3-1-4-13)25-21-24-16-7-6-15(11-17(16)33-21)32-22-27-26-18-8-9-19(28-29(18)22)31-14-5-2-10-23-12-14/h2,5-13H,1,3-4H2,(H,24,25,30). The number of nitrogens with zero attached hydrogens (tertiary/aromatic N) is 6. The summed E-state index contributed by atoms with van der Waals surface area (Å²) in [7, 11) is 0. The van der Waals surface area contributed by atoms with Crippen molar-refractivity contribution in [3.05, 3.63) is 54.9 Å². The number of hydrogen-bond acceptors (Lipinski definition) is 9. The van der Waals surface area contributed by atoms with E-state index in [9.17, 15) is 4.79 Å². The minimum atomic E-state index is 0.0696. The van der Waals surface area contributed by atoms with Crippen LogP contribution in [0.25, 0.3) is 15.9 Å². The van der Waals surface area contributed by atoms with Crippen molar-refractivity contribution in [2.24, 2.45) is 5.92 Å². The van der Waals surface area contributed by atoms with Gasteiger partial charge in [-0.05, 0) is 61.0 Å². The second kappa shape index (κ2) is 8.41. The zero-order valence-corrected chi connectivity index (χ0v) is 18.8. The molecule has 0 aliphatic heterocycles. The normalized spacial score (nSPS) is 13.8. The van der Waals surface area contributed by atoms with Gasteiger partial charge in [-0.1, -0.05) is 17.8 Å². The van der Waals surface area contributed by atoms with Gasteiger partial charge in [-0.2, -0.15) is 4.52 Å². The van der Waals surface area contributed by atoms with Crippen LogP contribution in [0.15, 0.2) is 64.9 Å². The first-order valence-corrected chi connectivity index (χ1v) is 12.0. The molecule has 1 saturated carbocycles. The summed E-state index contributed by atoms with van der Waals surface area (Å²) in [6.45, 7) is 0. The minimum Gasteiger partial charge on any atom is -0.436 e. The van der Waals surface area contributed by atoms with E-state index in [0.717, 1.165) is 34.4 Å². The van der Waals surface area contributed by atoms with Crippen LogP contribution in [0, 0.1) is 5.92 Å². The van der Waals surface area contributed by atoms with E-state index in [0.29, 0.717) is 27.6 Å². The van der Waals surface area contributed by atoms with Crippen LogP contribution < -0.4 is 10.1 Å². The first-order chi connectivity index (χ1) is 16.2. The second-order valence-corrected chi connectivity index (χ2v) is 9.65.